The van der Waals surface area contributed by atoms with Crippen LogP contribution in [0.4, 0.5) is 0 Å². The van der Waals surface area contributed by atoms with E-state index in [1.54, 1.807) is 25.0 Å². The maximum Gasteiger partial charge on any atom is 0.162 e. The van der Waals surface area contributed by atoms with Crippen LogP contribution in [0, 0.1) is 5.92 Å². The number of ether oxygens (including phenoxy) is 1. The normalized spacial score (nSPS) is 12.7. The summed E-state index contributed by atoms with van der Waals surface area (Å²) >= 11 is 0. The zero-order valence-corrected chi connectivity index (χ0v) is 12.5. The zero-order valence-electron chi connectivity index (χ0n) is 12.5. The summed E-state index contributed by atoms with van der Waals surface area (Å²) in [6, 6.07) is 8.08. The highest BCUT2D eigenvalue weighted by molar-refractivity contribution is 5.35. The SMILES string of the molecule is COc1cnn(C)c1C(O)c1ccc(CC(C)C)cc1. The Kier molecular flexibility index (Phi) is 4.45. The van der Waals surface area contributed by atoms with Crippen LogP contribution >= 0.6 is 0 Å². The van der Waals surface area contributed by atoms with Crippen LogP contribution in [0.3, 0.4) is 0 Å². The first-order valence-electron chi connectivity index (χ1n) is 6.85. The molecule has 2 rings (SSSR count). The van der Waals surface area contributed by atoms with Gasteiger partial charge in [0.2, 0.25) is 0 Å². The number of aliphatic hydroxyl groups is 1. The number of aromatic nitrogens is 2. The molecule has 0 fully saturated rings. The summed E-state index contributed by atoms with van der Waals surface area (Å²) in [6.45, 7) is 4.40. The molecule has 0 amide bonds. The lowest BCUT2D eigenvalue weighted by Gasteiger charge is -2.14. The minimum absolute atomic E-state index is 0.603. The molecule has 0 aliphatic carbocycles. The van der Waals surface area contributed by atoms with Crippen LogP contribution in [0.25, 0.3) is 0 Å². The number of aliphatic hydroxyl groups excluding tert-OH is 1. The quantitative estimate of drug-likeness (QED) is 0.912. The Morgan fingerprint density at radius 1 is 1.25 bits per heavy atom. The summed E-state index contributed by atoms with van der Waals surface area (Å²) in [5, 5.41) is 14.6. The van der Waals surface area contributed by atoms with Crippen LogP contribution in [0.2, 0.25) is 0 Å². The number of nitrogens with zero attached hydrogens (tertiary/aromatic N) is 2. The van der Waals surface area contributed by atoms with Gasteiger partial charge in [0.25, 0.3) is 0 Å². The Morgan fingerprint density at radius 3 is 2.45 bits per heavy atom. The van der Waals surface area contributed by atoms with Crippen molar-refractivity contribution in [2.75, 3.05) is 7.11 Å². The number of benzene rings is 1. The van der Waals surface area contributed by atoms with Gasteiger partial charge in [-0.05, 0) is 23.5 Å². The maximum absolute atomic E-state index is 10.5. The monoisotopic (exact) mass is 274 g/mol. The second-order valence-corrected chi connectivity index (χ2v) is 5.46. The third-order valence-electron chi connectivity index (χ3n) is 3.37. The van der Waals surface area contributed by atoms with Gasteiger partial charge in [-0.15, -0.1) is 0 Å². The van der Waals surface area contributed by atoms with E-state index in [0.717, 1.165) is 12.0 Å². The van der Waals surface area contributed by atoms with Crippen LogP contribution in [0.15, 0.2) is 30.5 Å². The molecule has 0 radical (unpaired) electrons. The Balaban J connectivity index is 2.24. The van der Waals surface area contributed by atoms with Crippen molar-refractivity contribution in [2.24, 2.45) is 13.0 Å². The Labute approximate surface area is 120 Å². The molecule has 1 unspecified atom stereocenters. The molecule has 1 atom stereocenters. The van der Waals surface area contributed by atoms with Crippen LogP contribution in [0.5, 0.6) is 5.75 Å². The van der Waals surface area contributed by atoms with Crippen LogP contribution in [-0.2, 0) is 13.5 Å². The third-order valence-corrected chi connectivity index (χ3v) is 3.37. The summed E-state index contributed by atoms with van der Waals surface area (Å²) in [7, 11) is 3.38. The van der Waals surface area contributed by atoms with Crippen molar-refractivity contribution in [3.8, 4) is 5.75 Å². The molecule has 0 aliphatic rings. The van der Waals surface area contributed by atoms with E-state index >= 15 is 0 Å². The van der Waals surface area contributed by atoms with Gasteiger partial charge in [0, 0.05) is 7.05 Å². The lowest BCUT2D eigenvalue weighted by atomic mass is 9.99. The lowest BCUT2D eigenvalue weighted by Crippen LogP contribution is -2.08. The fourth-order valence-electron chi connectivity index (χ4n) is 2.36. The minimum Gasteiger partial charge on any atom is -0.493 e. The molecule has 0 aliphatic heterocycles. The van der Waals surface area contributed by atoms with Gasteiger partial charge >= 0.3 is 0 Å². The molecule has 0 saturated heterocycles. The van der Waals surface area contributed by atoms with E-state index in [-0.39, 0.29) is 0 Å². The second-order valence-electron chi connectivity index (χ2n) is 5.46. The van der Waals surface area contributed by atoms with Gasteiger partial charge in [-0.1, -0.05) is 38.1 Å². The number of methoxy groups -OCH3 is 1. The van der Waals surface area contributed by atoms with Gasteiger partial charge in [-0.25, -0.2) is 0 Å². The van der Waals surface area contributed by atoms with Gasteiger partial charge < -0.3 is 9.84 Å². The maximum atomic E-state index is 10.5. The first kappa shape index (κ1) is 14.6. The molecule has 1 N–H and O–H groups in total. The fourth-order valence-corrected chi connectivity index (χ4v) is 2.36. The van der Waals surface area contributed by atoms with Gasteiger partial charge in [-0.2, -0.15) is 5.10 Å². The number of hydrogen-bond donors (Lipinski definition) is 1. The Morgan fingerprint density at radius 2 is 1.90 bits per heavy atom. The first-order valence-corrected chi connectivity index (χ1v) is 6.85. The zero-order chi connectivity index (χ0) is 14.7. The van der Waals surface area contributed by atoms with Crippen LogP contribution < -0.4 is 4.74 Å². The summed E-state index contributed by atoms with van der Waals surface area (Å²) in [4.78, 5) is 0. The molecular weight excluding hydrogens is 252 g/mol. The highest BCUT2D eigenvalue weighted by Gasteiger charge is 2.20. The fraction of sp³-hybridized carbons (Fsp3) is 0.438. The standard InChI is InChI=1S/C16H22N2O2/c1-11(2)9-12-5-7-13(8-6-12)16(19)15-14(20-4)10-17-18(15)3/h5-8,10-11,16,19H,9H2,1-4H3. The van der Waals surface area contributed by atoms with Gasteiger partial charge in [0.15, 0.2) is 5.75 Å². The van der Waals surface area contributed by atoms with Crippen LogP contribution in [-0.4, -0.2) is 22.0 Å². The lowest BCUT2D eigenvalue weighted by molar-refractivity contribution is 0.204. The molecule has 4 heteroatoms. The number of aryl methyl sites for hydroxylation is 1. The number of rotatable bonds is 5. The van der Waals surface area contributed by atoms with Gasteiger partial charge in [0.05, 0.1) is 13.3 Å². The Hall–Kier alpha value is -1.81. The first-order chi connectivity index (χ1) is 9.52. The summed E-state index contributed by atoms with van der Waals surface area (Å²) < 4.78 is 6.89. The molecule has 2 aromatic rings. The molecule has 4 nitrogen and oxygen atoms in total. The molecule has 0 spiro atoms. The second kappa shape index (κ2) is 6.09. The topological polar surface area (TPSA) is 47.3 Å². The van der Waals surface area contributed by atoms with Crippen molar-refractivity contribution in [3.63, 3.8) is 0 Å². The molecule has 108 valence electrons. The summed E-state index contributed by atoms with van der Waals surface area (Å²) in [5.41, 5.74) is 2.80. The van der Waals surface area contributed by atoms with E-state index in [4.69, 9.17) is 4.74 Å². The van der Waals surface area contributed by atoms with E-state index in [2.05, 4.69) is 31.1 Å². The van der Waals surface area contributed by atoms with Crippen molar-refractivity contribution >= 4 is 0 Å². The predicted molar refractivity (Wildman–Crippen MR) is 78.8 cm³/mol. The smallest absolute Gasteiger partial charge is 0.162 e. The molecule has 1 aromatic carbocycles. The molecule has 0 saturated carbocycles. The highest BCUT2D eigenvalue weighted by atomic mass is 16.5. The van der Waals surface area contributed by atoms with Crippen molar-refractivity contribution in [2.45, 2.75) is 26.4 Å². The van der Waals surface area contributed by atoms with E-state index in [0.29, 0.717) is 17.4 Å². The van der Waals surface area contributed by atoms with Crippen LogP contribution in [0.1, 0.15) is 36.8 Å². The summed E-state index contributed by atoms with van der Waals surface area (Å²) in [6.07, 6.45) is 1.93. The third kappa shape index (κ3) is 3.02. The number of hydrogen-bond acceptors (Lipinski definition) is 3. The predicted octanol–water partition coefficient (Wildman–Crippen LogP) is 2.71. The molecule has 1 heterocycles. The Bertz CT molecular complexity index is 558. The van der Waals surface area contributed by atoms with Gasteiger partial charge in [-0.3, -0.25) is 4.68 Å². The average molecular weight is 274 g/mol. The van der Waals surface area contributed by atoms with E-state index in [9.17, 15) is 5.11 Å². The molecule has 1 aromatic heterocycles. The minimum atomic E-state index is -0.731. The van der Waals surface area contributed by atoms with Crippen molar-refractivity contribution in [1.82, 2.24) is 9.78 Å². The van der Waals surface area contributed by atoms with Crippen molar-refractivity contribution < 1.29 is 9.84 Å². The van der Waals surface area contributed by atoms with Gasteiger partial charge in [0.1, 0.15) is 11.8 Å². The largest absolute Gasteiger partial charge is 0.493 e. The molecule has 0 bridgehead atoms. The van der Waals surface area contributed by atoms with E-state index < -0.39 is 6.10 Å². The molecule has 20 heavy (non-hydrogen) atoms. The van der Waals surface area contributed by atoms with Crippen molar-refractivity contribution in [3.05, 3.63) is 47.3 Å². The molecular formula is C16H22N2O2. The average Bonchev–Trinajstić information content (AvgIpc) is 2.79. The van der Waals surface area contributed by atoms with E-state index in [1.165, 1.54) is 5.56 Å². The summed E-state index contributed by atoms with van der Waals surface area (Å²) in [5.74, 6) is 1.23. The van der Waals surface area contributed by atoms with Crippen molar-refractivity contribution in [1.29, 1.82) is 0 Å². The highest BCUT2D eigenvalue weighted by Crippen LogP contribution is 2.29. The van der Waals surface area contributed by atoms with E-state index in [1.807, 2.05) is 12.1 Å².